The fraction of sp³-hybridized carbons (Fsp3) is 0.0833. The number of benzene rings is 1. The Labute approximate surface area is 125 Å². The highest BCUT2D eigenvalue weighted by Gasteiger charge is 2.13. The number of nitrogens with one attached hydrogen (secondary N) is 1. The van der Waals surface area contributed by atoms with Crippen LogP contribution in [0.5, 0.6) is 0 Å². The van der Waals surface area contributed by atoms with E-state index in [1.165, 1.54) is 12.1 Å². The van der Waals surface area contributed by atoms with Gasteiger partial charge in [-0.1, -0.05) is 17.7 Å². The van der Waals surface area contributed by atoms with E-state index in [0.717, 1.165) is 16.9 Å². The summed E-state index contributed by atoms with van der Waals surface area (Å²) < 4.78 is 23.1. The van der Waals surface area contributed by atoms with Crippen LogP contribution in [0.2, 0.25) is 4.34 Å². The third kappa shape index (κ3) is 3.37. The fourth-order valence-electron chi connectivity index (χ4n) is 1.53. The van der Waals surface area contributed by atoms with Gasteiger partial charge in [-0.25, -0.2) is 13.6 Å². The van der Waals surface area contributed by atoms with Crippen molar-refractivity contribution in [2.45, 2.75) is 11.8 Å². The van der Waals surface area contributed by atoms with Crippen molar-refractivity contribution in [2.75, 3.05) is 5.32 Å². The largest absolute Gasteiger partial charge is 0.321 e. The second kappa shape index (κ2) is 5.53. The molecule has 1 aromatic heterocycles. The minimum Gasteiger partial charge on any atom is -0.321 e. The van der Waals surface area contributed by atoms with Crippen LogP contribution in [0.1, 0.15) is 15.2 Å². The van der Waals surface area contributed by atoms with Crippen molar-refractivity contribution in [3.63, 3.8) is 0 Å². The standard InChI is InChI=1S/C12H11ClN2O3S2/c1-7-2-3-8(20(14,17)18)6-9(7)15-12(16)10-4-5-11(13)19-10/h2-6H,1H3,(H,15,16)(H2,14,17,18). The number of carbonyl (C=O) groups excluding carboxylic acids is 1. The number of aryl methyl sites for hydroxylation is 1. The monoisotopic (exact) mass is 330 g/mol. The first-order valence-corrected chi connectivity index (χ1v) is 8.21. The maximum atomic E-state index is 12.0. The molecule has 0 radical (unpaired) electrons. The molecule has 0 spiro atoms. The van der Waals surface area contributed by atoms with E-state index < -0.39 is 10.0 Å². The zero-order chi connectivity index (χ0) is 14.9. The Morgan fingerprint density at radius 3 is 2.55 bits per heavy atom. The topological polar surface area (TPSA) is 89.3 Å². The van der Waals surface area contributed by atoms with E-state index in [4.69, 9.17) is 16.7 Å². The average molecular weight is 331 g/mol. The van der Waals surface area contributed by atoms with Gasteiger partial charge in [0, 0.05) is 5.69 Å². The molecule has 1 heterocycles. The zero-order valence-corrected chi connectivity index (χ0v) is 12.8. The lowest BCUT2D eigenvalue weighted by Gasteiger charge is -2.09. The third-order valence-corrected chi connectivity index (χ3v) is 4.72. The molecule has 106 valence electrons. The highest BCUT2D eigenvalue weighted by molar-refractivity contribution is 7.89. The van der Waals surface area contributed by atoms with Crippen molar-refractivity contribution in [1.82, 2.24) is 0 Å². The number of anilines is 1. The lowest BCUT2D eigenvalue weighted by molar-refractivity contribution is 0.103. The maximum Gasteiger partial charge on any atom is 0.265 e. The van der Waals surface area contributed by atoms with Gasteiger partial charge in [-0.15, -0.1) is 11.3 Å². The molecule has 0 atom stereocenters. The molecule has 0 saturated heterocycles. The van der Waals surface area contributed by atoms with Crippen LogP contribution in [-0.4, -0.2) is 14.3 Å². The van der Waals surface area contributed by atoms with E-state index in [2.05, 4.69) is 5.32 Å². The van der Waals surface area contributed by atoms with Crippen LogP contribution in [0.15, 0.2) is 35.2 Å². The second-order valence-corrected chi connectivity index (χ2v) is 7.36. The Hall–Kier alpha value is -1.41. The molecule has 2 rings (SSSR count). The fourth-order valence-corrected chi connectivity index (χ4v) is 3.01. The summed E-state index contributed by atoms with van der Waals surface area (Å²) in [5.41, 5.74) is 1.12. The number of hydrogen-bond acceptors (Lipinski definition) is 4. The van der Waals surface area contributed by atoms with Crippen molar-refractivity contribution in [3.8, 4) is 0 Å². The first-order chi connectivity index (χ1) is 9.27. The minimum atomic E-state index is -3.81. The number of thiophene rings is 1. The quantitative estimate of drug-likeness (QED) is 0.906. The molecule has 1 amide bonds. The minimum absolute atomic E-state index is 0.0531. The van der Waals surface area contributed by atoms with Gasteiger partial charge in [0.15, 0.2) is 0 Å². The summed E-state index contributed by atoms with van der Waals surface area (Å²) >= 11 is 6.91. The Bertz CT molecular complexity index is 769. The average Bonchev–Trinajstić information content (AvgIpc) is 2.77. The molecule has 3 N–H and O–H groups in total. The van der Waals surface area contributed by atoms with Crippen molar-refractivity contribution in [1.29, 1.82) is 0 Å². The predicted molar refractivity (Wildman–Crippen MR) is 79.8 cm³/mol. The Morgan fingerprint density at radius 1 is 1.30 bits per heavy atom. The van der Waals surface area contributed by atoms with Crippen molar-refractivity contribution in [2.24, 2.45) is 5.14 Å². The Balaban J connectivity index is 2.31. The van der Waals surface area contributed by atoms with E-state index >= 15 is 0 Å². The smallest absolute Gasteiger partial charge is 0.265 e. The SMILES string of the molecule is Cc1ccc(S(N)(=O)=O)cc1NC(=O)c1ccc(Cl)s1. The molecule has 1 aromatic carbocycles. The lowest BCUT2D eigenvalue weighted by Crippen LogP contribution is -2.15. The molecule has 8 heteroatoms. The Kier molecular flexibility index (Phi) is 4.14. The number of amides is 1. The number of sulfonamides is 1. The second-order valence-electron chi connectivity index (χ2n) is 4.08. The van der Waals surface area contributed by atoms with E-state index in [-0.39, 0.29) is 10.8 Å². The number of primary sulfonamides is 1. The molecule has 0 fully saturated rings. The van der Waals surface area contributed by atoms with Crippen LogP contribution >= 0.6 is 22.9 Å². The normalized spacial score (nSPS) is 11.3. The summed E-state index contributed by atoms with van der Waals surface area (Å²) in [6.45, 7) is 1.75. The molecule has 5 nitrogen and oxygen atoms in total. The van der Waals surface area contributed by atoms with Crippen LogP contribution in [0.3, 0.4) is 0 Å². The van der Waals surface area contributed by atoms with Gasteiger partial charge in [-0.2, -0.15) is 0 Å². The van der Waals surface area contributed by atoms with Gasteiger partial charge in [0.2, 0.25) is 10.0 Å². The predicted octanol–water partition coefficient (Wildman–Crippen LogP) is 2.61. The number of carbonyl (C=O) groups is 1. The van der Waals surface area contributed by atoms with Crippen molar-refractivity contribution < 1.29 is 13.2 Å². The lowest BCUT2D eigenvalue weighted by atomic mass is 10.2. The van der Waals surface area contributed by atoms with E-state index in [1.807, 2.05) is 0 Å². The van der Waals surface area contributed by atoms with Crippen LogP contribution in [-0.2, 0) is 10.0 Å². The Morgan fingerprint density at radius 2 is 2.00 bits per heavy atom. The molecular formula is C12H11ClN2O3S2. The molecule has 0 aliphatic rings. The summed E-state index contributed by atoms with van der Waals surface area (Å²) in [4.78, 5) is 12.4. The van der Waals surface area contributed by atoms with Gasteiger partial charge in [-0.3, -0.25) is 4.79 Å². The maximum absolute atomic E-state index is 12.0. The van der Waals surface area contributed by atoms with Crippen LogP contribution in [0.25, 0.3) is 0 Å². The first kappa shape index (κ1) is 15.0. The molecule has 0 aliphatic carbocycles. The third-order valence-electron chi connectivity index (χ3n) is 2.58. The number of halogens is 1. The van der Waals surface area contributed by atoms with Crippen LogP contribution in [0.4, 0.5) is 5.69 Å². The van der Waals surface area contributed by atoms with Crippen LogP contribution < -0.4 is 10.5 Å². The zero-order valence-electron chi connectivity index (χ0n) is 10.4. The number of nitrogens with two attached hydrogens (primary N) is 1. The molecule has 0 aliphatic heterocycles. The van der Waals surface area contributed by atoms with Crippen molar-refractivity contribution >= 4 is 44.6 Å². The van der Waals surface area contributed by atoms with Crippen LogP contribution in [0, 0.1) is 6.92 Å². The summed E-state index contributed by atoms with van der Waals surface area (Å²) in [7, 11) is -3.81. The van der Waals surface area contributed by atoms with Crippen molar-refractivity contribution in [3.05, 3.63) is 45.1 Å². The number of hydrogen-bond donors (Lipinski definition) is 2. The van der Waals surface area contributed by atoms with Gasteiger partial charge in [0.1, 0.15) is 0 Å². The number of rotatable bonds is 3. The molecule has 0 unspecified atom stereocenters. The molecule has 0 saturated carbocycles. The van der Waals surface area contributed by atoms with E-state index in [9.17, 15) is 13.2 Å². The van der Waals surface area contributed by atoms with Gasteiger partial charge in [0.25, 0.3) is 5.91 Å². The molecule has 20 heavy (non-hydrogen) atoms. The van der Waals surface area contributed by atoms with Gasteiger partial charge >= 0.3 is 0 Å². The molecular weight excluding hydrogens is 320 g/mol. The highest BCUT2D eigenvalue weighted by Crippen LogP contribution is 2.24. The molecule has 2 aromatic rings. The van der Waals surface area contributed by atoms with E-state index in [0.29, 0.717) is 14.9 Å². The highest BCUT2D eigenvalue weighted by atomic mass is 35.5. The van der Waals surface area contributed by atoms with Gasteiger partial charge < -0.3 is 5.32 Å². The summed E-state index contributed by atoms with van der Waals surface area (Å²) in [6.07, 6.45) is 0. The summed E-state index contributed by atoms with van der Waals surface area (Å²) in [5.74, 6) is -0.350. The van der Waals surface area contributed by atoms with Gasteiger partial charge in [0.05, 0.1) is 14.1 Å². The molecule has 0 bridgehead atoms. The van der Waals surface area contributed by atoms with Gasteiger partial charge in [-0.05, 0) is 36.8 Å². The summed E-state index contributed by atoms with van der Waals surface area (Å²) in [6, 6.07) is 7.52. The first-order valence-electron chi connectivity index (χ1n) is 5.47. The summed E-state index contributed by atoms with van der Waals surface area (Å²) in [5, 5.41) is 7.71. The van der Waals surface area contributed by atoms with E-state index in [1.54, 1.807) is 25.1 Å².